The van der Waals surface area contributed by atoms with Crippen molar-refractivity contribution in [3.8, 4) is 0 Å². The van der Waals surface area contributed by atoms with E-state index in [0.717, 1.165) is 0 Å². The molecule has 2 heterocycles. The Morgan fingerprint density at radius 2 is 1.29 bits per heavy atom. The van der Waals surface area contributed by atoms with Crippen molar-refractivity contribution in [2.75, 3.05) is 6.61 Å². The van der Waals surface area contributed by atoms with E-state index in [0.29, 0.717) is 0 Å². The Kier molecular flexibility index (Phi) is 5.15. The van der Waals surface area contributed by atoms with Gasteiger partial charge in [0.2, 0.25) is 0 Å². The van der Waals surface area contributed by atoms with Crippen molar-refractivity contribution in [1.82, 2.24) is 0 Å². The van der Waals surface area contributed by atoms with Crippen LogP contribution < -0.4 is 0 Å². The highest BCUT2D eigenvalue weighted by Crippen LogP contribution is 2.27. The summed E-state index contributed by atoms with van der Waals surface area (Å²) in [5, 5.41) is 76.8. The van der Waals surface area contributed by atoms with Gasteiger partial charge in [-0.2, -0.15) is 0 Å². The molecule has 21 heavy (non-hydrogen) atoms. The molecule has 2 aliphatic heterocycles. The quantitative estimate of drug-likeness (QED) is 0.245. The number of hydrogen-bond donors (Lipinski definition) is 8. The van der Waals surface area contributed by atoms with E-state index in [-0.39, 0.29) is 6.61 Å². The van der Waals surface area contributed by atoms with Crippen LogP contribution in [0.4, 0.5) is 0 Å². The summed E-state index contributed by atoms with van der Waals surface area (Å²) >= 11 is 0. The molecule has 0 aromatic heterocycles. The van der Waals surface area contributed by atoms with Gasteiger partial charge in [0.1, 0.15) is 54.9 Å². The van der Waals surface area contributed by atoms with Crippen LogP contribution in [0.15, 0.2) is 0 Å². The topological polar surface area (TPSA) is 180 Å². The number of ether oxygens (including phenoxy) is 2. The Labute approximate surface area is 119 Å². The molecule has 2 saturated heterocycles. The fraction of sp³-hybridized carbons (Fsp3) is 1.00. The summed E-state index contributed by atoms with van der Waals surface area (Å²) in [5.41, 5.74) is 0. The predicted octanol–water partition coefficient (Wildman–Crippen LogP) is -5.37. The molecule has 124 valence electrons. The van der Waals surface area contributed by atoms with Crippen LogP contribution >= 0.6 is 0 Å². The fourth-order valence-corrected chi connectivity index (χ4v) is 2.49. The minimum Gasteiger partial charge on any atom is -0.388 e. The standard InChI is InChI=1S/C11H20O10/c12-2-1-20-9(5(15)3(2)13)8(18)10-6(16)4(14)7(17)11(19)21-10/h2-19H,1H2/t2-,3-,4+,5+,6+,7-,8?,9-,10+,11+/m1/s1. The van der Waals surface area contributed by atoms with Crippen LogP contribution in [-0.2, 0) is 9.47 Å². The molecular weight excluding hydrogens is 292 g/mol. The molecule has 0 aromatic rings. The van der Waals surface area contributed by atoms with Gasteiger partial charge in [0.25, 0.3) is 0 Å². The molecule has 2 aliphatic rings. The summed E-state index contributed by atoms with van der Waals surface area (Å²) in [4.78, 5) is 0. The Balaban J connectivity index is 2.10. The monoisotopic (exact) mass is 312 g/mol. The van der Waals surface area contributed by atoms with Crippen LogP contribution in [0.1, 0.15) is 0 Å². The van der Waals surface area contributed by atoms with Gasteiger partial charge in [0, 0.05) is 0 Å². The molecule has 0 aromatic carbocycles. The normalized spacial score (nSPS) is 53.4. The molecule has 0 aliphatic carbocycles. The minimum absolute atomic E-state index is 0.365. The summed E-state index contributed by atoms with van der Waals surface area (Å²) in [6, 6.07) is 0. The molecule has 10 atom stereocenters. The highest BCUT2D eigenvalue weighted by molar-refractivity contribution is 4.98. The second-order valence-electron chi connectivity index (χ2n) is 5.30. The Morgan fingerprint density at radius 1 is 0.714 bits per heavy atom. The van der Waals surface area contributed by atoms with Gasteiger partial charge in [-0.1, -0.05) is 0 Å². The SMILES string of the molecule is OC([C@H]1O[C@H](O)[C@H](O)[C@@H](O)[C@@H]1O)[C@@H]1OC[C@@H](O)[C@@H](O)[C@@H]1O. The lowest BCUT2D eigenvalue weighted by atomic mass is 9.88. The van der Waals surface area contributed by atoms with Crippen molar-refractivity contribution in [2.24, 2.45) is 0 Å². The molecule has 0 saturated carbocycles. The average Bonchev–Trinajstić information content (AvgIpc) is 2.46. The van der Waals surface area contributed by atoms with Gasteiger partial charge in [-0.05, 0) is 0 Å². The van der Waals surface area contributed by atoms with Crippen molar-refractivity contribution in [3.05, 3.63) is 0 Å². The van der Waals surface area contributed by atoms with E-state index in [1.165, 1.54) is 0 Å². The molecule has 0 amide bonds. The zero-order chi connectivity index (χ0) is 15.9. The van der Waals surface area contributed by atoms with E-state index in [1.54, 1.807) is 0 Å². The fourth-order valence-electron chi connectivity index (χ4n) is 2.49. The van der Waals surface area contributed by atoms with Crippen LogP contribution in [0.5, 0.6) is 0 Å². The van der Waals surface area contributed by atoms with Gasteiger partial charge in [-0.3, -0.25) is 0 Å². The van der Waals surface area contributed by atoms with Crippen LogP contribution in [-0.4, -0.2) is 109 Å². The summed E-state index contributed by atoms with van der Waals surface area (Å²) in [6.45, 7) is -0.365. The number of hydrogen-bond acceptors (Lipinski definition) is 10. The second kappa shape index (κ2) is 6.38. The van der Waals surface area contributed by atoms with Gasteiger partial charge >= 0.3 is 0 Å². The van der Waals surface area contributed by atoms with E-state index < -0.39 is 61.2 Å². The number of rotatable bonds is 2. The first-order valence-electron chi connectivity index (χ1n) is 6.47. The van der Waals surface area contributed by atoms with Gasteiger partial charge in [0.05, 0.1) is 6.61 Å². The van der Waals surface area contributed by atoms with Crippen molar-refractivity contribution in [3.63, 3.8) is 0 Å². The molecule has 0 radical (unpaired) electrons. The van der Waals surface area contributed by atoms with Gasteiger partial charge in [-0.25, -0.2) is 0 Å². The van der Waals surface area contributed by atoms with Crippen molar-refractivity contribution < 1.29 is 50.3 Å². The van der Waals surface area contributed by atoms with Crippen LogP contribution in [0.2, 0.25) is 0 Å². The zero-order valence-electron chi connectivity index (χ0n) is 10.9. The Hall–Kier alpha value is -0.400. The Bertz CT molecular complexity index is 354. The largest absolute Gasteiger partial charge is 0.388 e. The predicted molar refractivity (Wildman–Crippen MR) is 62.7 cm³/mol. The summed E-state index contributed by atoms with van der Waals surface area (Å²) < 4.78 is 9.82. The van der Waals surface area contributed by atoms with Crippen molar-refractivity contribution in [1.29, 1.82) is 0 Å². The lowest BCUT2D eigenvalue weighted by Gasteiger charge is -2.44. The number of aliphatic hydroxyl groups excluding tert-OH is 8. The minimum atomic E-state index is -1.85. The van der Waals surface area contributed by atoms with Gasteiger partial charge in [0.15, 0.2) is 6.29 Å². The zero-order valence-corrected chi connectivity index (χ0v) is 10.9. The lowest BCUT2D eigenvalue weighted by molar-refractivity contribution is -0.313. The Morgan fingerprint density at radius 3 is 1.90 bits per heavy atom. The molecule has 2 rings (SSSR count). The van der Waals surface area contributed by atoms with E-state index in [9.17, 15) is 40.9 Å². The summed E-state index contributed by atoms with van der Waals surface area (Å²) in [6.07, 6.45) is -16.4. The molecular formula is C11H20O10. The first kappa shape index (κ1) is 17.0. The van der Waals surface area contributed by atoms with E-state index in [2.05, 4.69) is 0 Å². The first-order valence-corrected chi connectivity index (χ1v) is 6.47. The smallest absolute Gasteiger partial charge is 0.184 e. The maximum Gasteiger partial charge on any atom is 0.184 e. The molecule has 10 nitrogen and oxygen atoms in total. The van der Waals surface area contributed by atoms with Gasteiger partial charge in [-0.15, -0.1) is 0 Å². The molecule has 8 N–H and O–H groups in total. The summed E-state index contributed by atoms with van der Waals surface area (Å²) in [7, 11) is 0. The molecule has 10 heteroatoms. The lowest BCUT2D eigenvalue weighted by Crippen LogP contribution is -2.66. The van der Waals surface area contributed by atoms with Crippen LogP contribution in [0, 0.1) is 0 Å². The van der Waals surface area contributed by atoms with Crippen LogP contribution in [0.25, 0.3) is 0 Å². The van der Waals surface area contributed by atoms with Crippen molar-refractivity contribution in [2.45, 2.75) is 61.2 Å². The van der Waals surface area contributed by atoms with Crippen LogP contribution in [0.3, 0.4) is 0 Å². The van der Waals surface area contributed by atoms with Gasteiger partial charge < -0.3 is 50.3 Å². The second-order valence-corrected chi connectivity index (χ2v) is 5.30. The molecule has 0 bridgehead atoms. The van der Waals surface area contributed by atoms with E-state index >= 15 is 0 Å². The average molecular weight is 312 g/mol. The third-order valence-electron chi connectivity index (χ3n) is 3.84. The third-order valence-corrected chi connectivity index (χ3v) is 3.84. The molecule has 2 fully saturated rings. The molecule has 1 unspecified atom stereocenters. The molecule has 0 spiro atoms. The van der Waals surface area contributed by atoms with E-state index in [1.807, 2.05) is 0 Å². The van der Waals surface area contributed by atoms with Crippen molar-refractivity contribution >= 4 is 0 Å². The highest BCUT2D eigenvalue weighted by atomic mass is 16.6. The summed E-state index contributed by atoms with van der Waals surface area (Å²) in [5.74, 6) is 0. The first-order chi connectivity index (χ1) is 9.75. The maximum absolute atomic E-state index is 10.1. The maximum atomic E-state index is 10.1. The van der Waals surface area contributed by atoms with E-state index in [4.69, 9.17) is 9.47 Å². The third kappa shape index (κ3) is 3.05. The number of aliphatic hydroxyl groups is 8. The highest BCUT2D eigenvalue weighted by Gasteiger charge is 2.51.